The van der Waals surface area contributed by atoms with Gasteiger partial charge in [-0.1, -0.05) is 43.3 Å². The second-order valence-corrected chi connectivity index (χ2v) is 6.96. The van der Waals surface area contributed by atoms with E-state index in [9.17, 15) is 9.59 Å². The van der Waals surface area contributed by atoms with Crippen molar-refractivity contribution in [1.29, 1.82) is 0 Å². The Hall–Kier alpha value is -4.06. The Bertz CT molecular complexity index is 1240. The highest BCUT2D eigenvalue weighted by Gasteiger charge is 2.23. The molecule has 2 N–H and O–H groups in total. The first-order valence-corrected chi connectivity index (χ1v) is 9.97. The van der Waals surface area contributed by atoms with Gasteiger partial charge in [0.1, 0.15) is 17.0 Å². The van der Waals surface area contributed by atoms with Crippen LogP contribution < -0.4 is 15.4 Å². The van der Waals surface area contributed by atoms with Crippen LogP contribution >= 0.6 is 0 Å². The van der Waals surface area contributed by atoms with Crippen LogP contribution in [-0.2, 0) is 6.42 Å². The monoisotopic (exact) mass is 414 g/mol. The van der Waals surface area contributed by atoms with Crippen molar-refractivity contribution in [2.75, 3.05) is 17.7 Å². The molecule has 0 aliphatic rings. The minimum absolute atomic E-state index is 0.0315. The number of aryl methyl sites for hydroxylation is 1. The molecule has 2 amide bonds. The number of carbonyl (C=O) groups excluding carboxylic acids is 2. The molecule has 6 heteroatoms. The maximum Gasteiger partial charge on any atom is 0.293 e. The molecule has 0 saturated heterocycles. The second-order valence-electron chi connectivity index (χ2n) is 6.96. The summed E-state index contributed by atoms with van der Waals surface area (Å²) >= 11 is 0. The third-order valence-electron chi connectivity index (χ3n) is 5.01. The van der Waals surface area contributed by atoms with Crippen LogP contribution in [0.2, 0.25) is 0 Å². The number of ether oxygens (including phenoxy) is 1. The lowest BCUT2D eigenvalue weighted by atomic mass is 10.1. The standard InChI is InChI=1S/C25H22N2O4/c1-3-16-12-14-17(15-13-16)26-25(29)23-22(18-8-4-7-11-21(18)31-23)27-24(28)19-9-5-6-10-20(19)30-2/h4-15H,3H2,1-2H3,(H,26,29)(H,27,28). The van der Waals surface area contributed by atoms with Gasteiger partial charge in [0.2, 0.25) is 5.76 Å². The van der Waals surface area contributed by atoms with E-state index in [4.69, 9.17) is 9.15 Å². The van der Waals surface area contributed by atoms with E-state index in [-0.39, 0.29) is 5.76 Å². The average Bonchev–Trinajstić information content (AvgIpc) is 3.18. The van der Waals surface area contributed by atoms with Gasteiger partial charge in [0.05, 0.1) is 12.7 Å². The SMILES string of the molecule is CCc1ccc(NC(=O)c2oc3ccccc3c2NC(=O)c2ccccc2OC)cc1. The van der Waals surface area contributed by atoms with Gasteiger partial charge in [-0.2, -0.15) is 0 Å². The van der Waals surface area contributed by atoms with Crippen LogP contribution in [0.25, 0.3) is 11.0 Å². The molecule has 0 atom stereocenters. The second kappa shape index (κ2) is 8.75. The lowest BCUT2D eigenvalue weighted by Crippen LogP contribution is -2.17. The molecule has 1 aromatic heterocycles. The zero-order chi connectivity index (χ0) is 21.8. The van der Waals surface area contributed by atoms with Gasteiger partial charge in [-0.3, -0.25) is 9.59 Å². The average molecular weight is 414 g/mol. The number of benzene rings is 3. The van der Waals surface area contributed by atoms with Crippen LogP contribution in [0.4, 0.5) is 11.4 Å². The van der Waals surface area contributed by atoms with Crippen molar-refractivity contribution in [2.45, 2.75) is 13.3 Å². The van der Waals surface area contributed by atoms with E-state index in [0.29, 0.717) is 33.7 Å². The smallest absolute Gasteiger partial charge is 0.293 e. The summed E-state index contributed by atoms with van der Waals surface area (Å²) in [7, 11) is 1.50. The van der Waals surface area contributed by atoms with E-state index in [1.807, 2.05) is 36.4 Å². The molecule has 0 aliphatic heterocycles. The maximum absolute atomic E-state index is 13.0. The van der Waals surface area contributed by atoms with Crippen LogP contribution in [-0.4, -0.2) is 18.9 Å². The molecule has 31 heavy (non-hydrogen) atoms. The van der Waals surface area contributed by atoms with Gasteiger partial charge >= 0.3 is 0 Å². The molecular weight excluding hydrogens is 392 g/mol. The molecule has 0 bridgehead atoms. The van der Waals surface area contributed by atoms with Crippen LogP contribution in [0.1, 0.15) is 33.4 Å². The number of anilines is 2. The first-order valence-electron chi connectivity index (χ1n) is 9.97. The van der Waals surface area contributed by atoms with Gasteiger partial charge in [0, 0.05) is 11.1 Å². The zero-order valence-electron chi connectivity index (χ0n) is 17.3. The lowest BCUT2D eigenvalue weighted by molar-refractivity contribution is 0.0999. The van der Waals surface area contributed by atoms with Crippen LogP contribution in [0, 0.1) is 0 Å². The van der Waals surface area contributed by atoms with Crippen molar-refractivity contribution < 1.29 is 18.7 Å². The van der Waals surface area contributed by atoms with Crippen molar-refractivity contribution in [1.82, 2.24) is 0 Å². The molecule has 4 rings (SSSR count). The fourth-order valence-electron chi connectivity index (χ4n) is 3.35. The number of carbonyl (C=O) groups is 2. The number of methoxy groups -OCH3 is 1. The van der Waals surface area contributed by atoms with E-state index in [1.165, 1.54) is 12.7 Å². The van der Waals surface area contributed by atoms with Crippen molar-refractivity contribution in [3.8, 4) is 5.75 Å². The van der Waals surface area contributed by atoms with E-state index in [0.717, 1.165) is 6.42 Å². The molecule has 0 saturated carbocycles. The minimum atomic E-state index is -0.448. The maximum atomic E-state index is 13.0. The summed E-state index contributed by atoms with van der Waals surface area (Å²) in [6, 6.07) is 21.7. The Morgan fingerprint density at radius 2 is 1.58 bits per heavy atom. The number of furan rings is 1. The Kier molecular flexibility index (Phi) is 5.71. The summed E-state index contributed by atoms with van der Waals surface area (Å²) in [5.41, 5.74) is 2.99. The Balaban J connectivity index is 1.68. The number of rotatable bonds is 6. The summed E-state index contributed by atoms with van der Waals surface area (Å²) in [4.78, 5) is 26.0. The topological polar surface area (TPSA) is 80.6 Å². The summed E-state index contributed by atoms with van der Waals surface area (Å²) < 4.78 is 11.1. The highest BCUT2D eigenvalue weighted by molar-refractivity contribution is 6.17. The molecule has 0 fully saturated rings. The number of nitrogens with one attached hydrogen (secondary N) is 2. The van der Waals surface area contributed by atoms with Crippen molar-refractivity contribution >= 4 is 34.2 Å². The molecule has 1 heterocycles. The molecule has 156 valence electrons. The predicted octanol–water partition coefficient (Wildman–Crippen LogP) is 5.51. The minimum Gasteiger partial charge on any atom is -0.496 e. The van der Waals surface area contributed by atoms with Crippen molar-refractivity contribution in [3.63, 3.8) is 0 Å². The van der Waals surface area contributed by atoms with Gasteiger partial charge in [0.25, 0.3) is 11.8 Å². The van der Waals surface area contributed by atoms with Crippen LogP contribution in [0.15, 0.2) is 77.2 Å². The van der Waals surface area contributed by atoms with Gasteiger partial charge < -0.3 is 19.8 Å². The van der Waals surface area contributed by atoms with E-state index in [2.05, 4.69) is 17.6 Å². The fraction of sp³-hybridized carbons (Fsp3) is 0.120. The quantitative estimate of drug-likeness (QED) is 0.436. The third kappa shape index (κ3) is 4.14. The van der Waals surface area contributed by atoms with E-state index >= 15 is 0 Å². The molecule has 6 nitrogen and oxygen atoms in total. The summed E-state index contributed by atoms with van der Waals surface area (Å²) in [6.45, 7) is 2.07. The van der Waals surface area contributed by atoms with Gasteiger partial charge in [0.15, 0.2) is 0 Å². The zero-order valence-corrected chi connectivity index (χ0v) is 17.3. The van der Waals surface area contributed by atoms with E-state index in [1.54, 1.807) is 36.4 Å². The molecule has 0 spiro atoms. The van der Waals surface area contributed by atoms with Crippen molar-refractivity contribution in [3.05, 3.63) is 89.7 Å². The molecule has 0 unspecified atom stereocenters. The van der Waals surface area contributed by atoms with Crippen LogP contribution in [0.5, 0.6) is 5.75 Å². The molecule has 0 aliphatic carbocycles. The highest BCUT2D eigenvalue weighted by Crippen LogP contribution is 2.32. The number of hydrogen-bond acceptors (Lipinski definition) is 4. The van der Waals surface area contributed by atoms with Crippen LogP contribution in [0.3, 0.4) is 0 Å². The largest absolute Gasteiger partial charge is 0.496 e. The Labute approximate surface area is 179 Å². The fourth-order valence-corrected chi connectivity index (χ4v) is 3.35. The molecular formula is C25H22N2O4. The van der Waals surface area contributed by atoms with Gasteiger partial charge in [-0.05, 0) is 48.4 Å². The number of amides is 2. The first-order chi connectivity index (χ1) is 15.1. The summed E-state index contributed by atoms with van der Waals surface area (Å²) in [5.74, 6) is -0.375. The molecule has 4 aromatic rings. The highest BCUT2D eigenvalue weighted by atomic mass is 16.5. The third-order valence-corrected chi connectivity index (χ3v) is 5.01. The van der Waals surface area contributed by atoms with Crippen molar-refractivity contribution in [2.24, 2.45) is 0 Å². The predicted molar refractivity (Wildman–Crippen MR) is 121 cm³/mol. The molecule has 0 radical (unpaired) electrons. The lowest BCUT2D eigenvalue weighted by Gasteiger charge is -2.10. The first kappa shape index (κ1) is 20.2. The Morgan fingerprint density at radius 3 is 2.32 bits per heavy atom. The Morgan fingerprint density at radius 1 is 0.871 bits per heavy atom. The van der Waals surface area contributed by atoms with E-state index < -0.39 is 11.8 Å². The number of hydrogen-bond donors (Lipinski definition) is 2. The summed E-state index contributed by atoms with van der Waals surface area (Å²) in [6.07, 6.45) is 0.914. The molecule has 3 aromatic carbocycles. The van der Waals surface area contributed by atoms with Gasteiger partial charge in [-0.15, -0.1) is 0 Å². The number of para-hydroxylation sites is 2. The number of fused-ring (bicyclic) bond motifs is 1. The summed E-state index contributed by atoms with van der Waals surface area (Å²) in [5, 5.41) is 6.31. The normalized spacial score (nSPS) is 10.6. The van der Waals surface area contributed by atoms with Gasteiger partial charge in [-0.25, -0.2) is 0 Å².